The van der Waals surface area contributed by atoms with Gasteiger partial charge in [-0.25, -0.2) is 14.2 Å². The van der Waals surface area contributed by atoms with E-state index in [1.807, 2.05) is 54.7 Å². The maximum atomic E-state index is 13.9. The molecule has 0 bridgehead atoms. The minimum atomic E-state index is -1.81. The van der Waals surface area contributed by atoms with Gasteiger partial charge in [0, 0.05) is 46.5 Å². The molecule has 1 aromatic carbocycles. The number of hydrogen-bond acceptors (Lipinski definition) is 5. The molecule has 3 N–H and O–H groups in total. The zero-order valence-electron chi connectivity index (χ0n) is 17.9. The van der Waals surface area contributed by atoms with Gasteiger partial charge in [-0.05, 0) is 31.7 Å². The van der Waals surface area contributed by atoms with Crippen LogP contribution in [-0.2, 0) is 4.79 Å². The van der Waals surface area contributed by atoms with E-state index >= 15 is 0 Å². The second-order valence-corrected chi connectivity index (χ2v) is 8.55. The summed E-state index contributed by atoms with van der Waals surface area (Å²) in [7, 11) is 0. The standard InChI is InChI=1S/C25H24FN5O2/c26-23(25(32)33)17-8-6-16(7-9-17)21-12-22(27)31-24(30-21)19(14-29-31)18-10-11-20(28-13-18)15-4-2-1-3-5-15/h1-5,10-14,16-17,23H,6-9,27H2,(H,32,33). The lowest BCUT2D eigenvalue weighted by molar-refractivity contribution is -0.145. The molecule has 1 fully saturated rings. The molecule has 8 heteroatoms. The first kappa shape index (κ1) is 21.1. The molecule has 7 nitrogen and oxygen atoms in total. The predicted octanol–water partition coefficient (Wildman–Crippen LogP) is 4.74. The number of halogens is 1. The number of carboxylic acids is 1. The average Bonchev–Trinajstić information content (AvgIpc) is 3.29. The summed E-state index contributed by atoms with van der Waals surface area (Å²) in [6, 6.07) is 15.7. The second-order valence-electron chi connectivity index (χ2n) is 8.55. The number of nitrogens with zero attached hydrogens (tertiary/aromatic N) is 4. The lowest BCUT2D eigenvalue weighted by Crippen LogP contribution is -2.28. The van der Waals surface area contributed by atoms with Gasteiger partial charge in [0.1, 0.15) is 5.82 Å². The van der Waals surface area contributed by atoms with E-state index in [1.165, 1.54) is 0 Å². The Morgan fingerprint density at radius 3 is 2.48 bits per heavy atom. The first-order valence-corrected chi connectivity index (χ1v) is 11.0. The second kappa shape index (κ2) is 8.61. The molecule has 1 saturated carbocycles. The third kappa shape index (κ3) is 4.04. The number of fused-ring (bicyclic) bond motifs is 1. The molecule has 33 heavy (non-hydrogen) atoms. The molecule has 0 amide bonds. The fraction of sp³-hybridized carbons (Fsp3) is 0.280. The Morgan fingerprint density at radius 1 is 1.06 bits per heavy atom. The molecule has 0 spiro atoms. The molecule has 4 aromatic rings. The van der Waals surface area contributed by atoms with Crippen molar-refractivity contribution in [2.45, 2.75) is 37.8 Å². The summed E-state index contributed by atoms with van der Waals surface area (Å²) in [6.07, 6.45) is 4.13. The van der Waals surface area contributed by atoms with Crippen LogP contribution in [0.5, 0.6) is 0 Å². The maximum Gasteiger partial charge on any atom is 0.338 e. The van der Waals surface area contributed by atoms with E-state index < -0.39 is 18.1 Å². The predicted molar refractivity (Wildman–Crippen MR) is 123 cm³/mol. The van der Waals surface area contributed by atoms with Crippen molar-refractivity contribution >= 4 is 17.4 Å². The number of aliphatic carboxylic acids is 1. The fourth-order valence-corrected chi connectivity index (χ4v) is 4.66. The molecular weight excluding hydrogens is 421 g/mol. The van der Waals surface area contributed by atoms with Gasteiger partial charge in [-0.15, -0.1) is 0 Å². The third-order valence-corrected chi connectivity index (χ3v) is 6.50. The number of alkyl halides is 1. The minimum Gasteiger partial charge on any atom is -0.479 e. The summed E-state index contributed by atoms with van der Waals surface area (Å²) < 4.78 is 15.5. The monoisotopic (exact) mass is 445 g/mol. The number of benzene rings is 1. The highest BCUT2D eigenvalue weighted by atomic mass is 19.1. The van der Waals surface area contributed by atoms with Crippen molar-refractivity contribution in [3.05, 3.63) is 66.6 Å². The summed E-state index contributed by atoms with van der Waals surface area (Å²) in [6.45, 7) is 0. The van der Waals surface area contributed by atoms with Crippen LogP contribution in [0.3, 0.4) is 0 Å². The first-order chi connectivity index (χ1) is 16.0. The van der Waals surface area contributed by atoms with Crippen LogP contribution >= 0.6 is 0 Å². The third-order valence-electron chi connectivity index (χ3n) is 6.50. The lowest BCUT2D eigenvalue weighted by atomic mass is 9.78. The Labute approximate surface area is 190 Å². The van der Waals surface area contributed by atoms with Gasteiger partial charge in [0.2, 0.25) is 0 Å². The largest absolute Gasteiger partial charge is 0.479 e. The Hall–Kier alpha value is -3.81. The van der Waals surface area contributed by atoms with Gasteiger partial charge < -0.3 is 10.8 Å². The molecule has 3 heterocycles. The fourth-order valence-electron chi connectivity index (χ4n) is 4.66. The van der Waals surface area contributed by atoms with Gasteiger partial charge in [-0.3, -0.25) is 4.98 Å². The van der Waals surface area contributed by atoms with E-state index in [0.717, 1.165) is 28.1 Å². The Morgan fingerprint density at radius 2 is 1.82 bits per heavy atom. The quantitative estimate of drug-likeness (QED) is 0.460. The van der Waals surface area contributed by atoms with Gasteiger partial charge >= 0.3 is 5.97 Å². The van der Waals surface area contributed by atoms with Gasteiger partial charge in [0.05, 0.1) is 11.9 Å². The number of nitrogens with two attached hydrogens (primary N) is 1. The Bertz CT molecular complexity index is 1280. The van der Waals surface area contributed by atoms with Crippen molar-refractivity contribution in [3.8, 4) is 22.4 Å². The number of pyridine rings is 1. The number of hydrogen-bond donors (Lipinski definition) is 2. The van der Waals surface area contributed by atoms with Crippen LogP contribution in [0.1, 0.15) is 37.3 Å². The maximum absolute atomic E-state index is 13.9. The van der Waals surface area contributed by atoms with Gasteiger partial charge in [-0.2, -0.15) is 9.61 Å². The van der Waals surface area contributed by atoms with E-state index in [2.05, 4.69) is 10.1 Å². The normalized spacial score (nSPS) is 19.4. The van der Waals surface area contributed by atoms with Crippen LogP contribution in [0.4, 0.5) is 10.2 Å². The molecule has 5 rings (SSSR count). The molecule has 3 aromatic heterocycles. The Balaban J connectivity index is 1.42. The highest BCUT2D eigenvalue weighted by molar-refractivity contribution is 5.78. The van der Waals surface area contributed by atoms with E-state index in [9.17, 15) is 9.18 Å². The van der Waals surface area contributed by atoms with Gasteiger partial charge in [-0.1, -0.05) is 36.4 Å². The zero-order valence-corrected chi connectivity index (χ0v) is 17.9. The topological polar surface area (TPSA) is 106 Å². The van der Waals surface area contributed by atoms with Crippen LogP contribution in [0.15, 0.2) is 60.9 Å². The van der Waals surface area contributed by atoms with Crippen LogP contribution in [0, 0.1) is 5.92 Å². The van der Waals surface area contributed by atoms with Crippen LogP contribution in [0.25, 0.3) is 28.0 Å². The number of carboxylic acid groups (broad SMARTS) is 1. The van der Waals surface area contributed by atoms with Crippen molar-refractivity contribution in [1.29, 1.82) is 0 Å². The number of carbonyl (C=O) groups is 1. The Kier molecular flexibility index (Phi) is 5.50. The molecule has 0 radical (unpaired) electrons. The van der Waals surface area contributed by atoms with Gasteiger partial charge in [0.25, 0.3) is 0 Å². The SMILES string of the molecule is Nc1cc(C2CCC(C(F)C(=O)O)CC2)nc2c(-c3ccc(-c4ccccc4)nc3)cnn12. The van der Waals surface area contributed by atoms with Crippen LogP contribution in [0.2, 0.25) is 0 Å². The summed E-state index contributed by atoms with van der Waals surface area (Å²) >= 11 is 0. The molecular formula is C25H24FN5O2. The van der Waals surface area contributed by atoms with Crippen molar-refractivity contribution in [2.24, 2.45) is 5.92 Å². The smallest absolute Gasteiger partial charge is 0.338 e. The summed E-state index contributed by atoms with van der Waals surface area (Å²) in [5, 5.41) is 13.4. The summed E-state index contributed by atoms with van der Waals surface area (Å²) in [5.41, 5.74) is 11.4. The zero-order chi connectivity index (χ0) is 22.9. The van der Waals surface area contributed by atoms with Crippen molar-refractivity contribution < 1.29 is 14.3 Å². The van der Waals surface area contributed by atoms with E-state index in [0.29, 0.717) is 37.1 Å². The van der Waals surface area contributed by atoms with E-state index in [-0.39, 0.29) is 5.92 Å². The van der Waals surface area contributed by atoms with E-state index in [1.54, 1.807) is 10.7 Å². The highest BCUT2D eigenvalue weighted by Gasteiger charge is 2.33. The number of anilines is 1. The molecule has 1 unspecified atom stereocenters. The highest BCUT2D eigenvalue weighted by Crippen LogP contribution is 2.38. The average molecular weight is 445 g/mol. The molecule has 1 atom stereocenters. The van der Waals surface area contributed by atoms with Crippen molar-refractivity contribution in [3.63, 3.8) is 0 Å². The molecule has 0 saturated heterocycles. The molecule has 0 aliphatic heterocycles. The van der Waals surface area contributed by atoms with E-state index in [4.69, 9.17) is 15.8 Å². The molecule has 1 aliphatic carbocycles. The minimum absolute atomic E-state index is 0.107. The van der Waals surface area contributed by atoms with Crippen LogP contribution < -0.4 is 5.73 Å². The molecule has 1 aliphatic rings. The summed E-state index contributed by atoms with van der Waals surface area (Å²) in [4.78, 5) is 20.4. The lowest BCUT2D eigenvalue weighted by Gasteiger charge is -2.28. The van der Waals surface area contributed by atoms with Gasteiger partial charge in [0.15, 0.2) is 11.8 Å². The summed E-state index contributed by atoms with van der Waals surface area (Å²) in [5.74, 6) is -1.24. The van der Waals surface area contributed by atoms with Crippen molar-refractivity contribution in [2.75, 3.05) is 5.73 Å². The van der Waals surface area contributed by atoms with Crippen molar-refractivity contribution in [1.82, 2.24) is 19.6 Å². The molecule has 168 valence electrons. The first-order valence-electron chi connectivity index (χ1n) is 11.0. The number of aromatic nitrogens is 4. The number of nitrogen functional groups attached to an aromatic ring is 1. The number of rotatable bonds is 5. The van der Waals surface area contributed by atoms with Crippen LogP contribution in [-0.4, -0.2) is 36.8 Å².